The maximum absolute atomic E-state index is 12.7. The van der Waals surface area contributed by atoms with E-state index in [1.165, 1.54) is 25.1 Å². The van der Waals surface area contributed by atoms with Gasteiger partial charge in [-0.1, -0.05) is 23.7 Å². The van der Waals surface area contributed by atoms with Crippen LogP contribution in [-0.2, 0) is 16.4 Å². The average Bonchev–Trinajstić information content (AvgIpc) is 2.72. The number of nitrogens with zero attached hydrogens (tertiary/aromatic N) is 1. The van der Waals surface area contributed by atoms with Gasteiger partial charge < -0.3 is 14.1 Å². The Morgan fingerprint density at radius 3 is 2.59 bits per heavy atom. The Morgan fingerprint density at radius 1 is 1.22 bits per heavy atom. The molecule has 170 valence electrons. The van der Waals surface area contributed by atoms with Gasteiger partial charge in [-0.15, -0.1) is 0 Å². The first-order chi connectivity index (χ1) is 15.0. The molecular formula is C22H23ClN2O6S. The van der Waals surface area contributed by atoms with Crippen LogP contribution in [0.5, 0.6) is 5.75 Å². The van der Waals surface area contributed by atoms with E-state index in [-0.39, 0.29) is 28.5 Å². The molecule has 0 aliphatic rings. The fraction of sp³-hybridized carbons (Fsp3) is 0.273. The molecule has 1 aromatic heterocycles. The van der Waals surface area contributed by atoms with Gasteiger partial charge in [-0.3, -0.25) is 4.72 Å². The smallest absolute Gasteiger partial charge is 0.414 e. The van der Waals surface area contributed by atoms with Crippen molar-refractivity contribution >= 4 is 44.4 Å². The molecule has 0 bridgehead atoms. The van der Waals surface area contributed by atoms with Crippen LogP contribution in [0.2, 0.25) is 5.02 Å². The van der Waals surface area contributed by atoms with E-state index in [1.54, 1.807) is 44.2 Å². The monoisotopic (exact) mass is 478 g/mol. The van der Waals surface area contributed by atoms with E-state index in [0.717, 1.165) is 5.56 Å². The van der Waals surface area contributed by atoms with E-state index in [0.29, 0.717) is 22.2 Å². The highest BCUT2D eigenvalue weighted by atomic mass is 35.5. The topological polar surface area (TPSA) is 106 Å². The number of rotatable bonds is 6. The van der Waals surface area contributed by atoms with Crippen LogP contribution in [0.25, 0.3) is 11.0 Å². The number of amides is 1. The molecule has 2 aromatic carbocycles. The summed E-state index contributed by atoms with van der Waals surface area (Å²) in [4.78, 5) is 25.8. The summed E-state index contributed by atoms with van der Waals surface area (Å²) in [6.45, 7) is 3.33. The van der Waals surface area contributed by atoms with Crippen molar-refractivity contribution in [2.45, 2.75) is 20.3 Å². The predicted molar refractivity (Wildman–Crippen MR) is 124 cm³/mol. The number of fused-ring (bicyclic) bond motifs is 1. The van der Waals surface area contributed by atoms with Crippen LogP contribution < -0.4 is 15.1 Å². The molecule has 0 spiro atoms. The first kappa shape index (κ1) is 23.6. The summed E-state index contributed by atoms with van der Waals surface area (Å²) in [7, 11) is -0.339. The molecule has 32 heavy (non-hydrogen) atoms. The molecule has 0 saturated heterocycles. The van der Waals surface area contributed by atoms with Crippen molar-refractivity contribution in [3.63, 3.8) is 0 Å². The predicted octanol–water partition coefficient (Wildman–Crippen LogP) is 4.17. The summed E-state index contributed by atoms with van der Waals surface area (Å²) < 4.78 is 36.9. The number of benzene rings is 2. The molecule has 0 fully saturated rings. The molecule has 3 aromatic rings. The normalized spacial score (nSPS) is 11.4. The van der Waals surface area contributed by atoms with Crippen molar-refractivity contribution in [2.24, 2.45) is 0 Å². The zero-order valence-corrected chi connectivity index (χ0v) is 19.6. The number of hydrogen-bond acceptors (Lipinski definition) is 6. The molecule has 10 heteroatoms. The Kier molecular flexibility index (Phi) is 6.80. The van der Waals surface area contributed by atoms with Gasteiger partial charge in [0.1, 0.15) is 5.58 Å². The van der Waals surface area contributed by atoms with Crippen LogP contribution in [0, 0.1) is 6.92 Å². The lowest BCUT2D eigenvalue weighted by molar-refractivity contribution is 0.172. The van der Waals surface area contributed by atoms with Gasteiger partial charge in [-0.25, -0.2) is 18.0 Å². The summed E-state index contributed by atoms with van der Waals surface area (Å²) in [5, 5.41) is 0.809. The van der Waals surface area contributed by atoms with E-state index in [4.69, 9.17) is 20.8 Å². The van der Waals surface area contributed by atoms with Crippen LogP contribution >= 0.6 is 11.6 Å². The molecule has 3 rings (SSSR count). The fourth-order valence-electron chi connectivity index (χ4n) is 3.06. The van der Waals surface area contributed by atoms with Crippen LogP contribution in [0.3, 0.4) is 0 Å². The van der Waals surface area contributed by atoms with Crippen molar-refractivity contribution < 1.29 is 22.4 Å². The minimum Gasteiger partial charge on any atom is -0.422 e. The van der Waals surface area contributed by atoms with Crippen molar-refractivity contribution in [3.8, 4) is 5.75 Å². The first-order valence-corrected chi connectivity index (χ1v) is 11.8. The van der Waals surface area contributed by atoms with Gasteiger partial charge >= 0.3 is 11.7 Å². The minimum atomic E-state index is -3.41. The molecular weight excluding hydrogens is 456 g/mol. The quantitative estimate of drug-likeness (QED) is 0.533. The van der Waals surface area contributed by atoms with Crippen LogP contribution in [0.1, 0.15) is 23.6 Å². The summed E-state index contributed by atoms with van der Waals surface area (Å²) in [6.07, 6.45) is -0.374. The molecule has 0 unspecified atom stereocenters. The van der Waals surface area contributed by atoms with E-state index in [1.807, 2.05) is 0 Å². The lowest BCUT2D eigenvalue weighted by Gasteiger charge is -2.14. The highest BCUT2D eigenvalue weighted by Crippen LogP contribution is 2.32. The highest BCUT2D eigenvalue weighted by Gasteiger charge is 2.17. The Labute approximate surface area is 190 Å². The van der Waals surface area contributed by atoms with Gasteiger partial charge in [-0.05, 0) is 43.2 Å². The number of hydrogen-bond donors (Lipinski definition) is 1. The highest BCUT2D eigenvalue weighted by molar-refractivity contribution is 7.92. The standard InChI is InChI=1S/C22H23ClN2O6S/c1-5-32(28,29)24-15-8-6-7-14(9-15)10-17-13(2)16-11-18(23)20(31-22(27)25(3)4)12-19(16)30-21(17)26/h6-9,11-12,24H,5,10H2,1-4H3. The number of anilines is 1. The molecule has 0 atom stereocenters. The lowest BCUT2D eigenvalue weighted by atomic mass is 9.99. The first-order valence-electron chi connectivity index (χ1n) is 9.75. The third-order valence-corrected chi connectivity index (χ3v) is 6.47. The number of carbonyl (C=O) groups is 1. The number of nitrogens with one attached hydrogen (secondary N) is 1. The summed E-state index contributed by atoms with van der Waals surface area (Å²) in [5.41, 5.74) is 1.94. The Morgan fingerprint density at radius 2 is 1.94 bits per heavy atom. The molecule has 0 radical (unpaired) electrons. The fourth-order valence-corrected chi connectivity index (χ4v) is 3.89. The third kappa shape index (κ3) is 5.23. The molecule has 1 amide bonds. The maximum Gasteiger partial charge on any atom is 0.414 e. The van der Waals surface area contributed by atoms with Gasteiger partial charge in [0.25, 0.3) is 0 Å². The molecule has 0 aliphatic heterocycles. The van der Waals surface area contributed by atoms with E-state index < -0.39 is 21.7 Å². The molecule has 1 heterocycles. The van der Waals surface area contributed by atoms with Crippen molar-refractivity contribution in [1.29, 1.82) is 0 Å². The third-order valence-electron chi connectivity index (χ3n) is 4.86. The summed E-state index contributed by atoms with van der Waals surface area (Å²) >= 11 is 6.29. The van der Waals surface area contributed by atoms with Crippen molar-refractivity contribution in [3.05, 3.63) is 68.5 Å². The number of halogens is 1. The Bertz CT molecular complexity index is 1350. The Hall–Kier alpha value is -3.04. The SMILES string of the molecule is CCS(=O)(=O)Nc1cccc(Cc2c(C)c3cc(Cl)c(OC(=O)N(C)C)cc3oc2=O)c1. The van der Waals surface area contributed by atoms with Crippen LogP contribution in [0.4, 0.5) is 10.5 Å². The van der Waals surface area contributed by atoms with E-state index in [2.05, 4.69) is 4.72 Å². The molecule has 8 nitrogen and oxygen atoms in total. The lowest BCUT2D eigenvalue weighted by Crippen LogP contribution is -2.25. The summed E-state index contributed by atoms with van der Waals surface area (Å²) in [6, 6.07) is 9.82. The number of sulfonamides is 1. The van der Waals surface area contributed by atoms with Gasteiger partial charge in [-0.2, -0.15) is 0 Å². The van der Waals surface area contributed by atoms with E-state index in [9.17, 15) is 18.0 Å². The second-order valence-electron chi connectivity index (χ2n) is 7.42. The van der Waals surface area contributed by atoms with Gasteiger partial charge in [0.2, 0.25) is 10.0 Å². The molecule has 0 saturated carbocycles. The second kappa shape index (κ2) is 9.22. The summed E-state index contributed by atoms with van der Waals surface area (Å²) in [5.74, 6) is 0.0427. The average molecular weight is 479 g/mol. The zero-order valence-electron chi connectivity index (χ0n) is 18.1. The second-order valence-corrected chi connectivity index (χ2v) is 9.84. The van der Waals surface area contributed by atoms with Crippen LogP contribution in [-0.4, -0.2) is 39.3 Å². The Balaban J connectivity index is 1.98. The minimum absolute atomic E-state index is 0.0444. The number of aryl methyl sites for hydroxylation is 1. The van der Waals surface area contributed by atoms with Gasteiger partial charge in [0.15, 0.2) is 5.75 Å². The largest absolute Gasteiger partial charge is 0.422 e. The van der Waals surface area contributed by atoms with Gasteiger partial charge in [0.05, 0.1) is 10.8 Å². The van der Waals surface area contributed by atoms with Crippen molar-refractivity contribution in [1.82, 2.24) is 4.90 Å². The number of ether oxygens (including phenoxy) is 1. The van der Waals surface area contributed by atoms with Crippen molar-refractivity contribution in [2.75, 3.05) is 24.6 Å². The van der Waals surface area contributed by atoms with Crippen LogP contribution in [0.15, 0.2) is 45.6 Å². The maximum atomic E-state index is 12.7. The van der Waals surface area contributed by atoms with E-state index >= 15 is 0 Å². The van der Waals surface area contributed by atoms with Gasteiger partial charge in [0, 0.05) is 43.2 Å². The molecule has 0 aliphatic carbocycles. The zero-order chi connectivity index (χ0) is 23.6. The number of carbonyl (C=O) groups excluding carboxylic acids is 1. The molecule has 1 N–H and O–H groups in total.